The van der Waals surface area contributed by atoms with Crippen LogP contribution >= 0.6 is 11.3 Å². The number of nitrogens with one attached hydrogen (secondary N) is 3. The van der Waals surface area contributed by atoms with Gasteiger partial charge in [-0.15, -0.1) is 11.3 Å². The number of carbonyl (C=O) groups excluding carboxylic acids is 1. The predicted molar refractivity (Wildman–Crippen MR) is 118 cm³/mol. The zero-order valence-corrected chi connectivity index (χ0v) is 17.4. The van der Waals surface area contributed by atoms with Crippen LogP contribution in [0.15, 0.2) is 46.8 Å². The topological polar surface area (TPSA) is 65.5 Å². The van der Waals surface area contributed by atoms with Gasteiger partial charge in [0.1, 0.15) is 0 Å². The monoisotopic (exact) mass is 398 g/mol. The molecule has 1 saturated carbocycles. The van der Waals surface area contributed by atoms with Crippen LogP contribution in [0.4, 0.5) is 5.69 Å². The van der Waals surface area contributed by atoms with Gasteiger partial charge in [0.05, 0.1) is 6.54 Å². The number of hydrogen-bond donors (Lipinski definition) is 3. The van der Waals surface area contributed by atoms with Gasteiger partial charge in [0.25, 0.3) is 0 Å². The molecule has 0 atom stereocenters. The van der Waals surface area contributed by atoms with E-state index in [1.807, 2.05) is 24.3 Å². The smallest absolute Gasteiger partial charge is 0.227 e. The summed E-state index contributed by atoms with van der Waals surface area (Å²) in [4.78, 5) is 18.4. The van der Waals surface area contributed by atoms with E-state index in [2.05, 4.69) is 45.4 Å². The molecule has 3 rings (SSSR count). The summed E-state index contributed by atoms with van der Waals surface area (Å²) in [5, 5.41) is 11.9. The van der Waals surface area contributed by atoms with Gasteiger partial charge >= 0.3 is 0 Å². The lowest BCUT2D eigenvalue weighted by Gasteiger charge is -2.12. The third-order valence-corrected chi connectivity index (χ3v) is 5.86. The molecule has 150 valence electrons. The highest BCUT2D eigenvalue weighted by Gasteiger charge is 2.22. The van der Waals surface area contributed by atoms with Gasteiger partial charge in [-0.05, 0) is 55.3 Å². The first-order valence-electron chi connectivity index (χ1n) is 10.2. The Hall–Kier alpha value is -2.34. The van der Waals surface area contributed by atoms with E-state index in [0.29, 0.717) is 6.54 Å². The summed E-state index contributed by atoms with van der Waals surface area (Å²) >= 11 is 1.78. The molecule has 1 aliphatic rings. The van der Waals surface area contributed by atoms with Gasteiger partial charge in [-0.25, -0.2) is 4.99 Å². The number of hydrogen-bond acceptors (Lipinski definition) is 3. The van der Waals surface area contributed by atoms with Gasteiger partial charge in [0.15, 0.2) is 5.96 Å². The summed E-state index contributed by atoms with van der Waals surface area (Å²) < 4.78 is 0. The molecule has 0 radical (unpaired) electrons. The van der Waals surface area contributed by atoms with Gasteiger partial charge in [-0.3, -0.25) is 4.79 Å². The molecule has 2 aromatic rings. The van der Waals surface area contributed by atoms with Crippen molar-refractivity contribution in [2.45, 2.75) is 45.6 Å². The van der Waals surface area contributed by atoms with Crippen LogP contribution in [0.2, 0.25) is 0 Å². The number of anilines is 1. The zero-order chi connectivity index (χ0) is 19.6. The van der Waals surface area contributed by atoms with Crippen molar-refractivity contribution in [1.29, 1.82) is 0 Å². The first-order chi connectivity index (χ1) is 13.7. The summed E-state index contributed by atoms with van der Waals surface area (Å²) in [6, 6.07) is 12.2. The second-order valence-electron chi connectivity index (χ2n) is 7.12. The van der Waals surface area contributed by atoms with Crippen molar-refractivity contribution in [2.24, 2.45) is 10.9 Å². The average molecular weight is 399 g/mol. The third kappa shape index (κ3) is 6.37. The fourth-order valence-corrected chi connectivity index (χ4v) is 4.16. The van der Waals surface area contributed by atoms with Crippen LogP contribution < -0.4 is 16.0 Å². The molecule has 0 aliphatic heterocycles. The molecule has 1 fully saturated rings. The number of guanidine groups is 1. The maximum Gasteiger partial charge on any atom is 0.227 e. The fourth-order valence-electron chi connectivity index (χ4n) is 3.45. The lowest BCUT2D eigenvalue weighted by atomic mass is 10.1. The molecule has 1 aromatic heterocycles. The van der Waals surface area contributed by atoms with Gasteiger partial charge in [0.2, 0.25) is 5.91 Å². The van der Waals surface area contributed by atoms with Crippen molar-refractivity contribution in [1.82, 2.24) is 10.6 Å². The van der Waals surface area contributed by atoms with Crippen molar-refractivity contribution in [3.63, 3.8) is 0 Å². The van der Waals surface area contributed by atoms with E-state index in [4.69, 9.17) is 0 Å². The Morgan fingerprint density at radius 2 is 2.04 bits per heavy atom. The van der Waals surface area contributed by atoms with E-state index in [1.54, 1.807) is 11.3 Å². The molecule has 28 heavy (non-hydrogen) atoms. The molecule has 6 heteroatoms. The Labute approximate surface area is 171 Å². The summed E-state index contributed by atoms with van der Waals surface area (Å²) in [5.74, 6) is 1.15. The fraction of sp³-hybridized carbons (Fsp3) is 0.455. The second kappa shape index (κ2) is 10.9. The Balaban J connectivity index is 1.53. The molecule has 0 spiro atoms. The highest BCUT2D eigenvalue weighted by molar-refractivity contribution is 7.09. The Bertz CT molecular complexity index is 767. The van der Waals surface area contributed by atoms with Crippen molar-refractivity contribution >= 4 is 28.9 Å². The quantitative estimate of drug-likeness (QED) is 0.462. The van der Waals surface area contributed by atoms with E-state index in [-0.39, 0.29) is 11.8 Å². The number of carbonyl (C=O) groups is 1. The molecule has 1 aliphatic carbocycles. The van der Waals surface area contributed by atoms with Crippen molar-refractivity contribution in [2.75, 3.05) is 18.4 Å². The highest BCUT2D eigenvalue weighted by Crippen LogP contribution is 2.26. The minimum absolute atomic E-state index is 0.154. The van der Waals surface area contributed by atoms with Gasteiger partial charge < -0.3 is 16.0 Å². The van der Waals surface area contributed by atoms with Crippen LogP contribution in [0.25, 0.3) is 0 Å². The number of aliphatic imine (C=N–C) groups is 1. The molecule has 1 amide bonds. The summed E-state index contributed by atoms with van der Waals surface area (Å²) in [7, 11) is 0. The van der Waals surface area contributed by atoms with Crippen LogP contribution in [0.5, 0.6) is 0 Å². The molecule has 3 N–H and O–H groups in total. The molecular formula is C22H30N4OS. The number of rotatable bonds is 8. The van der Waals surface area contributed by atoms with Crippen LogP contribution in [-0.4, -0.2) is 25.0 Å². The van der Waals surface area contributed by atoms with Crippen molar-refractivity contribution in [3.05, 3.63) is 52.2 Å². The van der Waals surface area contributed by atoms with Gasteiger partial charge in [-0.2, -0.15) is 0 Å². The standard InChI is InChI=1S/C22H30N4OS/c1-2-23-22(24-13-12-20-11-6-14-28-20)25-16-17-7-5-10-19(15-17)26-21(27)18-8-3-4-9-18/h5-7,10-11,14-15,18H,2-4,8-9,12-13,16H2,1H3,(H,26,27)(H2,23,24,25). The zero-order valence-electron chi connectivity index (χ0n) is 16.5. The average Bonchev–Trinajstić information content (AvgIpc) is 3.40. The normalized spacial score (nSPS) is 14.8. The first-order valence-corrected chi connectivity index (χ1v) is 11.1. The number of thiophene rings is 1. The Morgan fingerprint density at radius 3 is 2.79 bits per heavy atom. The summed E-state index contributed by atoms with van der Waals surface area (Å²) in [6.45, 7) is 4.31. The maximum atomic E-state index is 12.3. The van der Waals surface area contributed by atoms with Crippen LogP contribution in [0, 0.1) is 5.92 Å². The summed E-state index contributed by atoms with van der Waals surface area (Å²) in [5.41, 5.74) is 1.94. The van der Waals surface area contributed by atoms with E-state index >= 15 is 0 Å². The highest BCUT2D eigenvalue weighted by atomic mass is 32.1. The number of benzene rings is 1. The predicted octanol–water partition coefficient (Wildman–Crippen LogP) is 4.17. The molecule has 1 heterocycles. The van der Waals surface area contributed by atoms with Gasteiger partial charge in [-0.1, -0.05) is 31.0 Å². The van der Waals surface area contributed by atoms with E-state index in [9.17, 15) is 4.79 Å². The van der Waals surface area contributed by atoms with Crippen LogP contribution in [0.1, 0.15) is 43.0 Å². The lowest BCUT2D eigenvalue weighted by Crippen LogP contribution is -2.38. The second-order valence-corrected chi connectivity index (χ2v) is 8.15. The minimum atomic E-state index is 0.154. The van der Waals surface area contributed by atoms with E-state index < -0.39 is 0 Å². The summed E-state index contributed by atoms with van der Waals surface area (Å²) in [6.07, 6.45) is 5.35. The molecular weight excluding hydrogens is 368 g/mol. The van der Waals surface area contributed by atoms with E-state index in [0.717, 1.165) is 49.6 Å². The SMILES string of the molecule is CCNC(=NCc1cccc(NC(=O)C2CCCC2)c1)NCCc1cccs1. The molecule has 1 aromatic carbocycles. The first kappa shape index (κ1) is 20.4. The van der Waals surface area contributed by atoms with Crippen molar-refractivity contribution in [3.8, 4) is 0 Å². The number of nitrogens with zero attached hydrogens (tertiary/aromatic N) is 1. The van der Waals surface area contributed by atoms with Crippen molar-refractivity contribution < 1.29 is 4.79 Å². The van der Waals surface area contributed by atoms with E-state index in [1.165, 1.54) is 17.7 Å². The Kier molecular flexibility index (Phi) is 7.91. The van der Waals surface area contributed by atoms with Crippen LogP contribution in [-0.2, 0) is 17.8 Å². The molecule has 5 nitrogen and oxygen atoms in total. The minimum Gasteiger partial charge on any atom is -0.357 e. The third-order valence-electron chi connectivity index (χ3n) is 4.93. The van der Waals surface area contributed by atoms with Gasteiger partial charge in [0, 0.05) is 29.6 Å². The molecule has 0 saturated heterocycles. The molecule has 0 bridgehead atoms. The maximum absolute atomic E-state index is 12.3. The Morgan fingerprint density at radius 1 is 1.18 bits per heavy atom. The lowest BCUT2D eigenvalue weighted by molar-refractivity contribution is -0.119. The van der Waals surface area contributed by atoms with Crippen LogP contribution in [0.3, 0.4) is 0 Å². The largest absolute Gasteiger partial charge is 0.357 e. The number of amides is 1. The molecule has 0 unspecified atom stereocenters.